The number of benzene rings is 1. The zero-order valence-corrected chi connectivity index (χ0v) is 16.5. The monoisotopic (exact) mass is 443 g/mol. The van der Waals surface area contributed by atoms with Crippen LogP contribution in [0.1, 0.15) is 31.9 Å². The smallest absolute Gasteiger partial charge is 0.273 e. The first-order valence-electron chi connectivity index (χ1n) is 8.59. The molecule has 2 heterocycles. The minimum absolute atomic E-state index is 0.0250. The largest absolute Gasteiger partial charge is 0.472 e. The Bertz CT molecular complexity index is 904. The lowest BCUT2D eigenvalue weighted by Gasteiger charge is -2.24. The van der Waals surface area contributed by atoms with Gasteiger partial charge in [0.25, 0.3) is 5.56 Å². The average Bonchev–Trinajstić information content (AvgIpc) is 3.03. The van der Waals surface area contributed by atoms with Crippen molar-refractivity contribution in [1.29, 1.82) is 0 Å². The Morgan fingerprint density at radius 3 is 2.74 bits per heavy atom. The molecule has 0 amide bonds. The number of aromatic nitrogens is 2. The number of β-amino-alcohol motifs (C(OH)–C–C–N with tert-alkyl or cyclic N) is 1. The number of aliphatic hydroxyl groups is 1. The molecule has 0 spiro atoms. The van der Waals surface area contributed by atoms with Gasteiger partial charge in [-0.2, -0.15) is 4.98 Å². The molecule has 0 radical (unpaired) electrons. The Kier molecular flexibility index (Phi) is 5.81. The Balaban J connectivity index is 1.95. The maximum Gasteiger partial charge on any atom is 0.273 e. The van der Waals surface area contributed by atoms with Crippen molar-refractivity contribution in [2.24, 2.45) is 0 Å². The molecule has 0 unspecified atom stereocenters. The highest BCUT2D eigenvalue weighted by Crippen LogP contribution is 2.27. The topological polar surface area (TPSA) is 67.6 Å². The summed E-state index contributed by atoms with van der Waals surface area (Å²) in [6.07, 6.45) is 0.102. The molecular formula is C18H20BrF2N3O3. The van der Waals surface area contributed by atoms with E-state index in [1.165, 1.54) is 10.6 Å². The minimum atomic E-state index is -0.732. The van der Waals surface area contributed by atoms with Crippen molar-refractivity contribution in [3.8, 4) is 5.88 Å². The maximum atomic E-state index is 13.8. The summed E-state index contributed by atoms with van der Waals surface area (Å²) < 4.78 is 34.1. The van der Waals surface area contributed by atoms with Gasteiger partial charge in [-0.05, 0) is 48.3 Å². The fourth-order valence-electron chi connectivity index (χ4n) is 2.97. The fourth-order valence-corrected chi connectivity index (χ4v) is 3.37. The predicted molar refractivity (Wildman–Crippen MR) is 100 cm³/mol. The van der Waals surface area contributed by atoms with Gasteiger partial charge in [0.05, 0.1) is 6.10 Å². The molecule has 1 atom stereocenters. The van der Waals surface area contributed by atoms with Gasteiger partial charge in [0.2, 0.25) is 11.8 Å². The number of hydrogen-bond acceptors (Lipinski definition) is 5. The summed E-state index contributed by atoms with van der Waals surface area (Å²) >= 11 is 3.22. The highest BCUT2D eigenvalue weighted by Gasteiger charge is 2.27. The number of anilines is 1. The van der Waals surface area contributed by atoms with E-state index in [9.17, 15) is 18.7 Å². The molecule has 1 N–H and O–H groups in total. The summed E-state index contributed by atoms with van der Waals surface area (Å²) in [7, 11) is 0. The van der Waals surface area contributed by atoms with Crippen LogP contribution in [0.4, 0.5) is 14.7 Å². The molecule has 1 fully saturated rings. The van der Waals surface area contributed by atoms with Crippen molar-refractivity contribution in [3.05, 3.63) is 50.2 Å². The van der Waals surface area contributed by atoms with E-state index >= 15 is 0 Å². The number of nitrogens with zero attached hydrogens (tertiary/aromatic N) is 3. The lowest BCUT2D eigenvalue weighted by Crippen LogP contribution is -2.33. The highest BCUT2D eigenvalue weighted by molar-refractivity contribution is 9.10. The third kappa shape index (κ3) is 4.14. The Hall–Kier alpha value is -2.00. The lowest BCUT2D eigenvalue weighted by molar-refractivity contribution is 0.198. The first-order chi connectivity index (χ1) is 12.8. The van der Waals surface area contributed by atoms with Crippen LogP contribution in [0.15, 0.2) is 27.5 Å². The van der Waals surface area contributed by atoms with E-state index in [1.807, 2.05) is 18.7 Å². The standard InChI is InChI=1S/C18H20BrF2N3O3/c1-10(2)24-17(26)15(19)16(22-18(24)23-6-5-13(25)8-23)27-9-11-3-4-12(20)7-14(11)21/h3-4,7,10,13,25H,5-6,8-9H2,1-2H3/t13-/m1/s1. The Morgan fingerprint density at radius 2 is 2.15 bits per heavy atom. The third-order valence-corrected chi connectivity index (χ3v) is 5.03. The number of rotatable bonds is 5. The summed E-state index contributed by atoms with van der Waals surface area (Å²) in [6, 6.07) is 3.04. The molecule has 27 heavy (non-hydrogen) atoms. The van der Waals surface area contributed by atoms with Crippen LogP contribution in [0.3, 0.4) is 0 Å². The fraction of sp³-hybridized carbons (Fsp3) is 0.444. The molecule has 1 aromatic heterocycles. The number of halogens is 3. The number of hydrogen-bond donors (Lipinski definition) is 1. The molecule has 1 aliphatic rings. The van der Waals surface area contributed by atoms with Crippen molar-refractivity contribution < 1.29 is 18.6 Å². The molecule has 9 heteroatoms. The summed E-state index contributed by atoms with van der Waals surface area (Å²) in [4.78, 5) is 19.1. The molecule has 0 saturated carbocycles. The van der Waals surface area contributed by atoms with Gasteiger partial charge < -0.3 is 14.7 Å². The number of ether oxygens (including phenoxy) is 1. The van der Waals surface area contributed by atoms with E-state index in [-0.39, 0.29) is 34.1 Å². The average molecular weight is 444 g/mol. The Morgan fingerprint density at radius 1 is 1.41 bits per heavy atom. The van der Waals surface area contributed by atoms with Crippen LogP contribution in [0.2, 0.25) is 0 Å². The second-order valence-corrected chi connectivity index (χ2v) is 7.51. The second-order valence-electron chi connectivity index (χ2n) is 6.71. The van der Waals surface area contributed by atoms with Crippen LogP contribution < -0.4 is 15.2 Å². The predicted octanol–water partition coefficient (Wildman–Crippen LogP) is 3.01. The summed E-state index contributed by atoms with van der Waals surface area (Å²) in [5.41, 5.74) is -0.178. The highest BCUT2D eigenvalue weighted by atomic mass is 79.9. The van der Waals surface area contributed by atoms with E-state index in [2.05, 4.69) is 20.9 Å². The molecule has 0 bridgehead atoms. The van der Waals surface area contributed by atoms with E-state index < -0.39 is 17.7 Å². The second kappa shape index (κ2) is 7.93. The summed E-state index contributed by atoms with van der Waals surface area (Å²) in [5, 5.41) is 9.82. The van der Waals surface area contributed by atoms with E-state index in [0.29, 0.717) is 25.5 Å². The molecule has 3 rings (SSSR count). The normalized spacial score (nSPS) is 17.0. The van der Waals surface area contributed by atoms with Crippen molar-refractivity contribution in [2.45, 2.75) is 39.0 Å². The molecule has 2 aromatic rings. The van der Waals surface area contributed by atoms with Crippen LogP contribution in [-0.2, 0) is 6.61 Å². The van der Waals surface area contributed by atoms with Gasteiger partial charge in [-0.3, -0.25) is 9.36 Å². The van der Waals surface area contributed by atoms with Crippen LogP contribution in [0, 0.1) is 11.6 Å². The van der Waals surface area contributed by atoms with Gasteiger partial charge >= 0.3 is 0 Å². The van der Waals surface area contributed by atoms with Gasteiger partial charge in [0.15, 0.2) is 0 Å². The first kappa shape index (κ1) is 19.8. The van der Waals surface area contributed by atoms with Gasteiger partial charge in [-0.1, -0.05) is 0 Å². The lowest BCUT2D eigenvalue weighted by atomic mass is 10.2. The molecule has 1 saturated heterocycles. The van der Waals surface area contributed by atoms with Crippen molar-refractivity contribution in [3.63, 3.8) is 0 Å². The van der Waals surface area contributed by atoms with Gasteiger partial charge in [0, 0.05) is 30.8 Å². The quantitative estimate of drug-likeness (QED) is 0.768. The zero-order valence-electron chi connectivity index (χ0n) is 15.0. The van der Waals surface area contributed by atoms with Gasteiger partial charge in [-0.15, -0.1) is 0 Å². The van der Waals surface area contributed by atoms with Crippen molar-refractivity contribution >= 4 is 21.9 Å². The van der Waals surface area contributed by atoms with E-state index in [1.54, 1.807) is 0 Å². The summed E-state index contributed by atoms with van der Waals surface area (Å²) in [5.74, 6) is -0.990. The SMILES string of the molecule is CC(C)n1c(N2CC[C@@H](O)C2)nc(OCc2ccc(F)cc2F)c(Br)c1=O. The molecule has 1 aromatic carbocycles. The summed E-state index contributed by atoms with van der Waals surface area (Å²) in [6.45, 7) is 4.45. The zero-order chi connectivity index (χ0) is 19.7. The van der Waals surface area contributed by atoms with Crippen LogP contribution in [0.5, 0.6) is 5.88 Å². The Labute approximate surface area is 163 Å². The van der Waals surface area contributed by atoms with Crippen LogP contribution in [-0.4, -0.2) is 33.9 Å². The van der Waals surface area contributed by atoms with Gasteiger partial charge in [-0.25, -0.2) is 8.78 Å². The molecular weight excluding hydrogens is 424 g/mol. The first-order valence-corrected chi connectivity index (χ1v) is 9.39. The van der Waals surface area contributed by atoms with Crippen molar-refractivity contribution in [2.75, 3.05) is 18.0 Å². The third-order valence-electron chi connectivity index (χ3n) is 4.35. The van der Waals surface area contributed by atoms with Crippen LogP contribution in [0.25, 0.3) is 0 Å². The van der Waals surface area contributed by atoms with E-state index in [4.69, 9.17) is 4.74 Å². The van der Waals surface area contributed by atoms with Crippen molar-refractivity contribution in [1.82, 2.24) is 9.55 Å². The minimum Gasteiger partial charge on any atom is -0.472 e. The van der Waals surface area contributed by atoms with Crippen LogP contribution >= 0.6 is 15.9 Å². The molecule has 6 nitrogen and oxygen atoms in total. The molecule has 1 aliphatic heterocycles. The maximum absolute atomic E-state index is 13.8. The number of aliphatic hydroxyl groups excluding tert-OH is 1. The molecule has 146 valence electrons. The van der Waals surface area contributed by atoms with E-state index in [0.717, 1.165) is 12.1 Å². The molecule has 0 aliphatic carbocycles. The van der Waals surface area contributed by atoms with Gasteiger partial charge in [0.1, 0.15) is 22.7 Å².